The first-order valence-corrected chi connectivity index (χ1v) is 9.28. The molecule has 0 radical (unpaired) electrons. The lowest BCUT2D eigenvalue weighted by atomic mass is 10.2. The number of anilines is 2. The van der Waals surface area contributed by atoms with Gasteiger partial charge in [0.25, 0.3) is 5.82 Å². The molecule has 25 heavy (non-hydrogen) atoms. The number of hydrogen-bond donors (Lipinski definition) is 0. The summed E-state index contributed by atoms with van der Waals surface area (Å²) in [6.45, 7) is 3.96. The fraction of sp³-hybridized carbons (Fsp3) is 0.263. The molecule has 2 aromatic heterocycles. The highest BCUT2D eigenvalue weighted by Crippen LogP contribution is 2.29. The van der Waals surface area contributed by atoms with E-state index in [1.54, 1.807) is 18.4 Å². The summed E-state index contributed by atoms with van der Waals surface area (Å²) in [6, 6.07) is 14.3. The molecular formula is C19H21N4OS+. The van der Waals surface area contributed by atoms with Crippen molar-refractivity contribution in [2.75, 3.05) is 43.1 Å². The third-order valence-electron chi connectivity index (χ3n) is 4.46. The predicted octanol–water partition coefficient (Wildman–Crippen LogP) is 2.96. The van der Waals surface area contributed by atoms with Gasteiger partial charge in [-0.1, -0.05) is 6.07 Å². The second-order valence-electron chi connectivity index (χ2n) is 5.97. The van der Waals surface area contributed by atoms with Crippen LogP contribution in [0.1, 0.15) is 0 Å². The second-order valence-corrected chi connectivity index (χ2v) is 6.80. The van der Waals surface area contributed by atoms with E-state index in [0.29, 0.717) is 0 Å². The number of aromatic nitrogens is 2. The number of thiazole rings is 1. The van der Waals surface area contributed by atoms with E-state index in [9.17, 15) is 0 Å². The summed E-state index contributed by atoms with van der Waals surface area (Å²) in [5, 5.41) is 3.23. The van der Waals surface area contributed by atoms with Gasteiger partial charge in [0.1, 0.15) is 18.8 Å². The average molecular weight is 353 g/mol. The summed E-state index contributed by atoms with van der Waals surface area (Å²) in [5.41, 5.74) is 2.15. The first-order valence-electron chi connectivity index (χ1n) is 8.40. The van der Waals surface area contributed by atoms with Crippen LogP contribution in [0.25, 0.3) is 11.3 Å². The second kappa shape index (κ2) is 7.11. The SMILES string of the molecule is COc1ccc(-c2csc(N3CCN(c4cccc[nH+]4)CC3)n2)cc1. The molecule has 3 aromatic rings. The van der Waals surface area contributed by atoms with Crippen LogP contribution in [0.2, 0.25) is 0 Å². The molecule has 1 fully saturated rings. The lowest BCUT2D eigenvalue weighted by Gasteiger charge is -2.30. The Labute approximate surface area is 151 Å². The van der Waals surface area contributed by atoms with Gasteiger partial charge in [-0.3, -0.25) is 4.90 Å². The summed E-state index contributed by atoms with van der Waals surface area (Å²) in [6.07, 6.45) is 1.98. The summed E-state index contributed by atoms with van der Waals surface area (Å²) >= 11 is 1.72. The smallest absolute Gasteiger partial charge is 0.274 e. The summed E-state index contributed by atoms with van der Waals surface area (Å²) in [5.74, 6) is 2.05. The van der Waals surface area contributed by atoms with Gasteiger partial charge in [-0.25, -0.2) is 9.97 Å². The predicted molar refractivity (Wildman–Crippen MR) is 102 cm³/mol. The summed E-state index contributed by atoms with van der Waals surface area (Å²) < 4.78 is 5.22. The van der Waals surface area contributed by atoms with E-state index in [2.05, 4.69) is 44.4 Å². The number of piperazine rings is 1. The maximum atomic E-state index is 5.22. The number of pyridine rings is 1. The van der Waals surface area contributed by atoms with Gasteiger partial charge in [0.2, 0.25) is 0 Å². The van der Waals surface area contributed by atoms with Crippen LogP contribution < -0.4 is 19.5 Å². The molecule has 0 unspecified atom stereocenters. The lowest BCUT2D eigenvalue weighted by molar-refractivity contribution is -0.364. The van der Waals surface area contributed by atoms with Crippen LogP contribution in [-0.4, -0.2) is 38.3 Å². The zero-order valence-corrected chi connectivity index (χ0v) is 15.0. The quantitative estimate of drug-likeness (QED) is 0.723. The number of ether oxygens (including phenoxy) is 1. The Bertz CT molecular complexity index is 811. The van der Waals surface area contributed by atoms with Crippen molar-refractivity contribution in [2.24, 2.45) is 0 Å². The highest BCUT2D eigenvalue weighted by Gasteiger charge is 2.24. The number of benzene rings is 1. The van der Waals surface area contributed by atoms with Gasteiger partial charge in [0.15, 0.2) is 5.13 Å². The molecule has 6 heteroatoms. The van der Waals surface area contributed by atoms with Crippen molar-refractivity contribution in [3.63, 3.8) is 0 Å². The number of aromatic amines is 1. The van der Waals surface area contributed by atoms with Crippen LogP contribution in [0.3, 0.4) is 0 Å². The number of hydrogen-bond acceptors (Lipinski definition) is 5. The molecule has 1 aliphatic rings. The molecule has 3 heterocycles. The van der Waals surface area contributed by atoms with Crippen LogP contribution in [0, 0.1) is 0 Å². The monoisotopic (exact) mass is 353 g/mol. The minimum absolute atomic E-state index is 0.869. The molecule has 4 rings (SSSR count). The first kappa shape index (κ1) is 15.9. The number of nitrogens with one attached hydrogen (secondary N) is 1. The molecule has 0 aliphatic carbocycles. The van der Waals surface area contributed by atoms with Crippen LogP contribution in [0.15, 0.2) is 54.0 Å². The third kappa shape index (κ3) is 3.44. The van der Waals surface area contributed by atoms with E-state index >= 15 is 0 Å². The van der Waals surface area contributed by atoms with Gasteiger partial charge in [-0.2, -0.15) is 0 Å². The van der Waals surface area contributed by atoms with E-state index in [4.69, 9.17) is 9.72 Å². The Hall–Kier alpha value is -2.60. The fourth-order valence-electron chi connectivity index (χ4n) is 3.02. The normalized spacial score (nSPS) is 14.6. The van der Waals surface area contributed by atoms with Crippen molar-refractivity contribution in [3.8, 4) is 17.0 Å². The number of methoxy groups -OCH3 is 1. The number of rotatable bonds is 4. The molecule has 5 nitrogen and oxygen atoms in total. The maximum Gasteiger partial charge on any atom is 0.274 e. The molecular weight excluding hydrogens is 332 g/mol. The fourth-order valence-corrected chi connectivity index (χ4v) is 3.91. The average Bonchev–Trinajstić information content (AvgIpc) is 3.19. The molecule has 1 saturated heterocycles. The summed E-state index contributed by atoms with van der Waals surface area (Å²) in [4.78, 5) is 12.9. The number of nitrogens with zero attached hydrogens (tertiary/aromatic N) is 3. The maximum absolute atomic E-state index is 5.22. The van der Waals surface area contributed by atoms with Crippen molar-refractivity contribution in [1.82, 2.24) is 4.98 Å². The van der Waals surface area contributed by atoms with Crippen molar-refractivity contribution < 1.29 is 9.72 Å². The zero-order valence-electron chi connectivity index (χ0n) is 14.2. The van der Waals surface area contributed by atoms with Gasteiger partial charge >= 0.3 is 0 Å². The highest BCUT2D eigenvalue weighted by atomic mass is 32.1. The van der Waals surface area contributed by atoms with E-state index in [-0.39, 0.29) is 0 Å². The molecule has 0 bridgehead atoms. The Morgan fingerprint density at radius 3 is 2.44 bits per heavy atom. The van der Waals surface area contributed by atoms with Crippen molar-refractivity contribution >= 4 is 22.3 Å². The molecule has 0 spiro atoms. The molecule has 0 amide bonds. The highest BCUT2D eigenvalue weighted by molar-refractivity contribution is 7.14. The van der Waals surface area contributed by atoms with Gasteiger partial charge in [0, 0.05) is 17.0 Å². The molecule has 1 aliphatic heterocycles. The Morgan fingerprint density at radius 2 is 1.76 bits per heavy atom. The van der Waals surface area contributed by atoms with E-state index in [1.165, 1.54) is 5.82 Å². The zero-order chi connectivity index (χ0) is 17.1. The molecule has 128 valence electrons. The van der Waals surface area contributed by atoms with Crippen molar-refractivity contribution in [3.05, 3.63) is 54.0 Å². The topological polar surface area (TPSA) is 42.7 Å². The largest absolute Gasteiger partial charge is 0.497 e. The van der Waals surface area contributed by atoms with E-state index in [0.717, 1.165) is 48.3 Å². The minimum Gasteiger partial charge on any atom is -0.497 e. The van der Waals surface area contributed by atoms with Crippen molar-refractivity contribution in [1.29, 1.82) is 0 Å². The number of H-pyrrole nitrogens is 1. The van der Waals surface area contributed by atoms with Gasteiger partial charge in [-0.15, -0.1) is 11.3 Å². The molecule has 0 saturated carbocycles. The van der Waals surface area contributed by atoms with Gasteiger partial charge in [0.05, 0.1) is 32.1 Å². The Kier molecular flexibility index (Phi) is 4.52. The first-order chi connectivity index (χ1) is 12.3. The Balaban J connectivity index is 1.43. The molecule has 1 N–H and O–H groups in total. The molecule has 0 atom stereocenters. The standard InChI is InChI=1S/C19H20N4OS/c1-24-16-7-5-15(6-8-16)17-14-25-19(21-17)23-12-10-22(11-13-23)18-4-2-3-9-20-18/h2-9,14H,10-13H2,1H3/p+1. The third-order valence-corrected chi connectivity index (χ3v) is 5.36. The van der Waals surface area contributed by atoms with Crippen LogP contribution >= 0.6 is 11.3 Å². The summed E-state index contributed by atoms with van der Waals surface area (Å²) in [7, 11) is 1.68. The molecule has 1 aromatic carbocycles. The lowest BCUT2D eigenvalue weighted by Crippen LogP contribution is -2.48. The van der Waals surface area contributed by atoms with Gasteiger partial charge < -0.3 is 9.64 Å². The van der Waals surface area contributed by atoms with E-state index < -0.39 is 0 Å². The van der Waals surface area contributed by atoms with Gasteiger partial charge in [-0.05, 0) is 30.3 Å². The Morgan fingerprint density at radius 1 is 1.00 bits per heavy atom. The van der Waals surface area contributed by atoms with Crippen molar-refractivity contribution in [2.45, 2.75) is 0 Å². The van der Waals surface area contributed by atoms with Crippen LogP contribution in [0.5, 0.6) is 5.75 Å². The van der Waals surface area contributed by atoms with Crippen LogP contribution in [0.4, 0.5) is 10.9 Å². The minimum atomic E-state index is 0.869. The van der Waals surface area contributed by atoms with Crippen LogP contribution in [-0.2, 0) is 0 Å². The van der Waals surface area contributed by atoms with E-state index in [1.807, 2.05) is 24.4 Å².